The number of nitrogens with zero attached hydrogens (tertiary/aromatic N) is 3. The van der Waals surface area contributed by atoms with Gasteiger partial charge >= 0.3 is 0 Å². The Balaban J connectivity index is 1.64. The molecule has 2 heterocycles. The van der Waals surface area contributed by atoms with Gasteiger partial charge in [-0.2, -0.15) is 11.8 Å². The van der Waals surface area contributed by atoms with Crippen molar-refractivity contribution in [3.05, 3.63) is 0 Å². The van der Waals surface area contributed by atoms with Crippen molar-refractivity contribution in [1.82, 2.24) is 14.7 Å². The third-order valence-electron chi connectivity index (χ3n) is 4.16. The lowest BCUT2D eigenvalue weighted by molar-refractivity contribution is 0.0580. The van der Waals surface area contributed by atoms with E-state index in [4.69, 9.17) is 0 Å². The van der Waals surface area contributed by atoms with Crippen molar-refractivity contribution in [3.63, 3.8) is 0 Å². The molecule has 0 saturated carbocycles. The van der Waals surface area contributed by atoms with Crippen LogP contribution in [-0.2, 0) is 0 Å². The summed E-state index contributed by atoms with van der Waals surface area (Å²) in [5.41, 5.74) is 0.343. The number of rotatable bonds is 3. The van der Waals surface area contributed by atoms with Gasteiger partial charge in [-0.25, -0.2) is 0 Å². The van der Waals surface area contributed by atoms with Gasteiger partial charge in [-0.15, -0.1) is 0 Å². The third kappa shape index (κ3) is 4.41. The highest BCUT2D eigenvalue weighted by Crippen LogP contribution is 2.16. The van der Waals surface area contributed by atoms with Gasteiger partial charge in [0.1, 0.15) is 0 Å². The minimum absolute atomic E-state index is 0.343. The number of piperazine rings is 1. The Bertz CT molecular complexity index is 238. The van der Waals surface area contributed by atoms with Gasteiger partial charge < -0.3 is 4.90 Å². The van der Waals surface area contributed by atoms with Gasteiger partial charge in [-0.05, 0) is 20.8 Å². The van der Waals surface area contributed by atoms with Crippen LogP contribution in [0.5, 0.6) is 0 Å². The summed E-state index contributed by atoms with van der Waals surface area (Å²) >= 11 is 2.10. The molecule has 0 aromatic carbocycles. The molecule has 0 bridgehead atoms. The normalized spacial score (nSPS) is 25.5. The summed E-state index contributed by atoms with van der Waals surface area (Å²) < 4.78 is 0. The Labute approximate surface area is 117 Å². The highest BCUT2D eigenvalue weighted by molar-refractivity contribution is 7.99. The first-order valence-electron chi connectivity index (χ1n) is 7.33. The van der Waals surface area contributed by atoms with Gasteiger partial charge in [0.2, 0.25) is 0 Å². The topological polar surface area (TPSA) is 9.72 Å². The molecule has 2 rings (SSSR count). The van der Waals surface area contributed by atoms with Crippen LogP contribution < -0.4 is 0 Å². The van der Waals surface area contributed by atoms with E-state index in [2.05, 4.69) is 47.2 Å². The molecule has 0 radical (unpaired) electrons. The van der Waals surface area contributed by atoms with E-state index in [0.717, 1.165) is 0 Å². The fourth-order valence-corrected chi connectivity index (χ4v) is 3.73. The summed E-state index contributed by atoms with van der Waals surface area (Å²) in [7, 11) is 0. The van der Waals surface area contributed by atoms with Crippen LogP contribution >= 0.6 is 11.8 Å². The number of hydrogen-bond acceptors (Lipinski definition) is 4. The molecule has 2 aliphatic rings. The predicted octanol–water partition coefficient (Wildman–Crippen LogP) is 1.45. The van der Waals surface area contributed by atoms with Gasteiger partial charge in [0.05, 0.1) is 0 Å². The van der Waals surface area contributed by atoms with E-state index in [1.807, 2.05) is 0 Å². The van der Waals surface area contributed by atoms with Crippen LogP contribution in [0.2, 0.25) is 0 Å². The van der Waals surface area contributed by atoms with E-state index in [-0.39, 0.29) is 0 Å². The maximum atomic E-state index is 2.64. The van der Waals surface area contributed by atoms with Crippen molar-refractivity contribution in [2.24, 2.45) is 0 Å². The lowest BCUT2D eigenvalue weighted by Gasteiger charge is -2.42. The molecule has 0 N–H and O–H groups in total. The lowest BCUT2D eigenvalue weighted by atomic mass is 10.1. The minimum Gasteiger partial charge on any atom is -0.300 e. The average molecular weight is 271 g/mol. The van der Waals surface area contributed by atoms with Crippen molar-refractivity contribution in [1.29, 1.82) is 0 Å². The van der Waals surface area contributed by atoms with Gasteiger partial charge in [-0.3, -0.25) is 9.80 Å². The second kappa shape index (κ2) is 6.60. The van der Waals surface area contributed by atoms with Crippen LogP contribution in [0.1, 0.15) is 20.8 Å². The SMILES string of the molecule is CC(C)(C)N1CCN(CCN2CCSCC2)CC1. The van der Waals surface area contributed by atoms with E-state index in [0.29, 0.717) is 5.54 Å². The van der Waals surface area contributed by atoms with Crippen LogP contribution in [-0.4, -0.2) is 84.1 Å². The van der Waals surface area contributed by atoms with E-state index in [1.54, 1.807) is 0 Å². The summed E-state index contributed by atoms with van der Waals surface area (Å²) in [4.78, 5) is 7.89. The van der Waals surface area contributed by atoms with E-state index < -0.39 is 0 Å². The molecule has 0 spiro atoms. The van der Waals surface area contributed by atoms with Gasteiger partial charge in [0, 0.05) is 69.4 Å². The first-order valence-corrected chi connectivity index (χ1v) is 8.49. The highest BCUT2D eigenvalue weighted by atomic mass is 32.2. The van der Waals surface area contributed by atoms with Crippen molar-refractivity contribution in [2.75, 3.05) is 63.9 Å². The summed E-state index contributed by atoms with van der Waals surface area (Å²) in [6.07, 6.45) is 0. The fourth-order valence-electron chi connectivity index (χ4n) is 2.75. The Hall–Kier alpha value is 0.230. The molecule has 18 heavy (non-hydrogen) atoms. The second-order valence-electron chi connectivity index (χ2n) is 6.45. The molecular weight excluding hydrogens is 242 g/mol. The maximum absolute atomic E-state index is 2.64. The lowest BCUT2D eigenvalue weighted by Crippen LogP contribution is -2.54. The molecule has 4 heteroatoms. The van der Waals surface area contributed by atoms with E-state index >= 15 is 0 Å². The zero-order valence-electron chi connectivity index (χ0n) is 12.3. The third-order valence-corrected chi connectivity index (χ3v) is 5.10. The summed E-state index contributed by atoms with van der Waals surface area (Å²) in [6.45, 7) is 17.1. The molecule has 0 atom stereocenters. The first-order chi connectivity index (χ1) is 8.55. The van der Waals surface area contributed by atoms with Crippen molar-refractivity contribution in [2.45, 2.75) is 26.3 Å². The van der Waals surface area contributed by atoms with Crippen LogP contribution in [0.4, 0.5) is 0 Å². The van der Waals surface area contributed by atoms with Crippen molar-refractivity contribution in [3.8, 4) is 0 Å². The Morgan fingerprint density at radius 1 is 0.778 bits per heavy atom. The zero-order chi connectivity index (χ0) is 13.0. The van der Waals surface area contributed by atoms with Crippen molar-refractivity contribution < 1.29 is 0 Å². The van der Waals surface area contributed by atoms with Gasteiger partial charge in [0.25, 0.3) is 0 Å². The molecule has 2 fully saturated rings. The quantitative estimate of drug-likeness (QED) is 0.768. The number of thioether (sulfide) groups is 1. The molecule has 0 unspecified atom stereocenters. The molecule has 0 aromatic rings. The van der Waals surface area contributed by atoms with E-state index in [1.165, 1.54) is 63.9 Å². The molecule has 3 nitrogen and oxygen atoms in total. The minimum atomic E-state index is 0.343. The second-order valence-corrected chi connectivity index (χ2v) is 7.68. The molecule has 2 saturated heterocycles. The largest absolute Gasteiger partial charge is 0.300 e. The standard InChI is InChI=1S/C14H29N3S/c1-14(2,3)17-8-6-15(7-9-17)4-5-16-10-12-18-13-11-16/h4-13H2,1-3H3. The Morgan fingerprint density at radius 3 is 1.78 bits per heavy atom. The smallest absolute Gasteiger partial charge is 0.0126 e. The Kier molecular flexibility index (Phi) is 5.36. The van der Waals surface area contributed by atoms with Crippen LogP contribution in [0, 0.1) is 0 Å². The van der Waals surface area contributed by atoms with Gasteiger partial charge in [0.15, 0.2) is 0 Å². The summed E-state index contributed by atoms with van der Waals surface area (Å²) in [6, 6.07) is 0. The fraction of sp³-hybridized carbons (Fsp3) is 1.00. The van der Waals surface area contributed by atoms with E-state index in [9.17, 15) is 0 Å². The van der Waals surface area contributed by atoms with Gasteiger partial charge in [-0.1, -0.05) is 0 Å². The predicted molar refractivity (Wildman–Crippen MR) is 81.5 cm³/mol. The molecule has 0 aromatic heterocycles. The molecule has 0 aliphatic carbocycles. The Morgan fingerprint density at radius 2 is 1.28 bits per heavy atom. The number of hydrogen-bond donors (Lipinski definition) is 0. The average Bonchev–Trinajstić information content (AvgIpc) is 2.37. The highest BCUT2D eigenvalue weighted by Gasteiger charge is 2.25. The molecule has 106 valence electrons. The van der Waals surface area contributed by atoms with Crippen LogP contribution in [0.3, 0.4) is 0 Å². The monoisotopic (exact) mass is 271 g/mol. The molecule has 0 amide bonds. The maximum Gasteiger partial charge on any atom is 0.0126 e. The molecule has 2 aliphatic heterocycles. The van der Waals surface area contributed by atoms with Crippen LogP contribution in [0.25, 0.3) is 0 Å². The summed E-state index contributed by atoms with van der Waals surface area (Å²) in [5, 5.41) is 0. The first kappa shape index (κ1) is 14.6. The summed E-state index contributed by atoms with van der Waals surface area (Å²) in [5.74, 6) is 2.66. The van der Waals surface area contributed by atoms with Crippen molar-refractivity contribution >= 4 is 11.8 Å². The van der Waals surface area contributed by atoms with Crippen LogP contribution in [0.15, 0.2) is 0 Å². The molecular formula is C14H29N3S. The zero-order valence-corrected chi connectivity index (χ0v) is 13.1.